The summed E-state index contributed by atoms with van der Waals surface area (Å²) in [4.78, 5) is 21.2. The lowest BCUT2D eigenvalue weighted by molar-refractivity contribution is -0.158. The lowest BCUT2D eigenvalue weighted by Gasteiger charge is -2.47. The number of aliphatic hydroxyl groups is 1. The van der Waals surface area contributed by atoms with Gasteiger partial charge in [0.15, 0.2) is 0 Å². The van der Waals surface area contributed by atoms with Gasteiger partial charge in [-0.1, -0.05) is 6.92 Å². The molecule has 0 aromatic carbocycles. The van der Waals surface area contributed by atoms with Gasteiger partial charge >= 0.3 is 0 Å². The van der Waals surface area contributed by atoms with Crippen molar-refractivity contribution in [2.75, 3.05) is 13.1 Å². The molecule has 3 N–H and O–H groups in total. The van der Waals surface area contributed by atoms with E-state index in [0.29, 0.717) is 32.5 Å². The SMILES string of the molecule is CCC1(O)CN(C(=O)C2Cc3nc[nH]c3CN2)C1. The van der Waals surface area contributed by atoms with E-state index in [0.717, 1.165) is 11.4 Å². The first kappa shape index (κ1) is 11.7. The number of H-pyrrole nitrogens is 1. The van der Waals surface area contributed by atoms with Gasteiger partial charge in [-0.05, 0) is 6.42 Å². The van der Waals surface area contributed by atoms with E-state index in [1.54, 1.807) is 11.2 Å². The molecule has 1 aromatic heterocycles. The fourth-order valence-corrected chi connectivity index (χ4v) is 2.61. The number of carbonyl (C=O) groups is 1. The molecule has 0 bridgehead atoms. The molecule has 0 aliphatic carbocycles. The van der Waals surface area contributed by atoms with Crippen LogP contribution < -0.4 is 5.32 Å². The van der Waals surface area contributed by atoms with E-state index in [1.165, 1.54) is 0 Å². The molecule has 0 radical (unpaired) electrons. The van der Waals surface area contributed by atoms with Gasteiger partial charge in [-0.15, -0.1) is 0 Å². The van der Waals surface area contributed by atoms with Crippen molar-refractivity contribution in [3.05, 3.63) is 17.7 Å². The molecule has 18 heavy (non-hydrogen) atoms. The predicted molar refractivity (Wildman–Crippen MR) is 64.7 cm³/mol. The van der Waals surface area contributed by atoms with Gasteiger partial charge in [0.05, 0.1) is 42.4 Å². The molecule has 6 heteroatoms. The minimum atomic E-state index is -0.665. The summed E-state index contributed by atoms with van der Waals surface area (Å²) < 4.78 is 0. The number of amides is 1. The summed E-state index contributed by atoms with van der Waals surface area (Å²) in [7, 11) is 0. The van der Waals surface area contributed by atoms with Crippen LogP contribution in [-0.2, 0) is 17.8 Å². The summed E-state index contributed by atoms with van der Waals surface area (Å²) in [5.41, 5.74) is 1.37. The van der Waals surface area contributed by atoms with Crippen LogP contribution in [0.1, 0.15) is 24.7 Å². The molecule has 2 aliphatic heterocycles. The van der Waals surface area contributed by atoms with E-state index >= 15 is 0 Å². The predicted octanol–water partition coefficient (Wildman–Crippen LogP) is -0.593. The van der Waals surface area contributed by atoms with Crippen LogP contribution in [0.25, 0.3) is 0 Å². The Morgan fingerprint density at radius 3 is 3.17 bits per heavy atom. The summed E-state index contributed by atoms with van der Waals surface area (Å²) >= 11 is 0. The maximum Gasteiger partial charge on any atom is 0.240 e. The third-order valence-electron chi connectivity index (χ3n) is 3.97. The number of rotatable bonds is 2. The Labute approximate surface area is 105 Å². The van der Waals surface area contributed by atoms with Gasteiger partial charge in [-0.3, -0.25) is 10.1 Å². The number of carbonyl (C=O) groups excluding carboxylic acids is 1. The summed E-state index contributed by atoms with van der Waals surface area (Å²) in [6, 6.07) is -0.206. The number of fused-ring (bicyclic) bond motifs is 1. The summed E-state index contributed by atoms with van der Waals surface area (Å²) in [6.07, 6.45) is 2.98. The van der Waals surface area contributed by atoms with Crippen molar-refractivity contribution in [1.82, 2.24) is 20.2 Å². The standard InChI is InChI=1S/C12H18N4O2/c1-2-12(18)5-16(6-12)11(17)9-3-8-10(4-13-9)15-7-14-8/h7,9,13,18H,2-6H2,1H3,(H,14,15). The molecule has 1 atom stereocenters. The first-order valence-corrected chi connectivity index (χ1v) is 6.37. The normalized spacial score (nSPS) is 25.4. The molecule has 6 nitrogen and oxygen atoms in total. The first-order chi connectivity index (χ1) is 8.61. The number of imidazole rings is 1. The second kappa shape index (κ2) is 4.07. The van der Waals surface area contributed by atoms with Gasteiger partial charge < -0.3 is 15.0 Å². The van der Waals surface area contributed by atoms with E-state index in [9.17, 15) is 9.90 Å². The molecule has 1 aromatic rings. The Morgan fingerprint density at radius 1 is 1.67 bits per heavy atom. The minimum Gasteiger partial charge on any atom is -0.386 e. The van der Waals surface area contributed by atoms with Gasteiger partial charge in [-0.2, -0.15) is 0 Å². The minimum absolute atomic E-state index is 0.0711. The number of hydrogen-bond donors (Lipinski definition) is 3. The van der Waals surface area contributed by atoms with Crippen LogP contribution >= 0.6 is 0 Å². The molecule has 0 spiro atoms. The number of nitrogens with one attached hydrogen (secondary N) is 2. The monoisotopic (exact) mass is 250 g/mol. The van der Waals surface area contributed by atoms with Crippen molar-refractivity contribution in [2.45, 2.75) is 38.0 Å². The third-order valence-corrected chi connectivity index (χ3v) is 3.97. The fourth-order valence-electron chi connectivity index (χ4n) is 2.61. The lowest BCUT2D eigenvalue weighted by Crippen LogP contribution is -2.66. The molecule has 3 heterocycles. The number of hydrogen-bond acceptors (Lipinski definition) is 4. The van der Waals surface area contributed by atoms with Gasteiger partial charge in [0.25, 0.3) is 0 Å². The number of nitrogens with zero attached hydrogens (tertiary/aromatic N) is 2. The topological polar surface area (TPSA) is 81.2 Å². The number of β-amino-alcohol motifs (C(OH)–C–C–N with tert-alkyl or cyclic N) is 1. The molecule has 3 rings (SSSR count). The highest BCUT2D eigenvalue weighted by Crippen LogP contribution is 2.25. The molecule has 2 aliphatic rings. The maximum atomic E-state index is 12.2. The van der Waals surface area contributed by atoms with Gasteiger partial charge in [0.2, 0.25) is 5.91 Å². The van der Waals surface area contributed by atoms with Crippen LogP contribution in [0.3, 0.4) is 0 Å². The highest BCUT2D eigenvalue weighted by molar-refractivity contribution is 5.83. The van der Waals surface area contributed by atoms with Gasteiger partial charge in [0, 0.05) is 13.0 Å². The van der Waals surface area contributed by atoms with Crippen LogP contribution in [0.4, 0.5) is 0 Å². The summed E-state index contributed by atoms with van der Waals surface area (Å²) in [5.74, 6) is 0.0711. The number of aromatic amines is 1. The van der Waals surface area contributed by atoms with E-state index in [1.807, 2.05) is 6.92 Å². The largest absolute Gasteiger partial charge is 0.386 e. The van der Waals surface area contributed by atoms with Crippen LogP contribution in [0.15, 0.2) is 6.33 Å². The Morgan fingerprint density at radius 2 is 2.44 bits per heavy atom. The van der Waals surface area contributed by atoms with Crippen molar-refractivity contribution >= 4 is 5.91 Å². The van der Waals surface area contributed by atoms with Crippen LogP contribution in [-0.4, -0.2) is 50.6 Å². The smallest absolute Gasteiger partial charge is 0.240 e. The molecular weight excluding hydrogens is 232 g/mol. The number of likely N-dealkylation sites (tertiary alicyclic amines) is 1. The molecule has 1 unspecified atom stereocenters. The molecule has 1 saturated heterocycles. The second-order valence-electron chi connectivity index (χ2n) is 5.24. The summed E-state index contributed by atoms with van der Waals surface area (Å²) in [6.45, 7) is 3.50. The molecule has 98 valence electrons. The zero-order valence-electron chi connectivity index (χ0n) is 10.4. The Kier molecular flexibility index (Phi) is 2.64. The Balaban J connectivity index is 1.62. The fraction of sp³-hybridized carbons (Fsp3) is 0.667. The zero-order chi connectivity index (χ0) is 12.8. The van der Waals surface area contributed by atoms with E-state index < -0.39 is 5.60 Å². The number of aromatic nitrogens is 2. The second-order valence-corrected chi connectivity index (χ2v) is 5.24. The highest BCUT2D eigenvalue weighted by Gasteiger charge is 2.44. The van der Waals surface area contributed by atoms with E-state index in [4.69, 9.17) is 0 Å². The Hall–Kier alpha value is -1.40. The van der Waals surface area contributed by atoms with Crippen molar-refractivity contribution in [1.29, 1.82) is 0 Å². The van der Waals surface area contributed by atoms with Crippen LogP contribution in [0.2, 0.25) is 0 Å². The van der Waals surface area contributed by atoms with Crippen molar-refractivity contribution in [3.8, 4) is 0 Å². The van der Waals surface area contributed by atoms with Crippen molar-refractivity contribution in [2.24, 2.45) is 0 Å². The van der Waals surface area contributed by atoms with Crippen molar-refractivity contribution < 1.29 is 9.90 Å². The average Bonchev–Trinajstić information content (AvgIpc) is 2.81. The quantitative estimate of drug-likeness (QED) is 0.655. The van der Waals surface area contributed by atoms with Gasteiger partial charge in [0.1, 0.15) is 0 Å². The molecular formula is C12H18N4O2. The van der Waals surface area contributed by atoms with E-state index in [2.05, 4.69) is 15.3 Å². The summed E-state index contributed by atoms with van der Waals surface area (Å²) in [5, 5.41) is 13.1. The van der Waals surface area contributed by atoms with Crippen LogP contribution in [0, 0.1) is 0 Å². The first-order valence-electron chi connectivity index (χ1n) is 6.37. The highest BCUT2D eigenvalue weighted by atomic mass is 16.3. The maximum absolute atomic E-state index is 12.2. The van der Waals surface area contributed by atoms with Crippen LogP contribution in [0.5, 0.6) is 0 Å². The Bertz CT molecular complexity index is 464. The molecule has 0 saturated carbocycles. The van der Waals surface area contributed by atoms with E-state index in [-0.39, 0.29) is 11.9 Å². The zero-order valence-corrected chi connectivity index (χ0v) is 10.4. The van der Waals surface area contributed by atoms with Crippen molar-refractivity contribution in [3.63, 3.8) is 0 Å². The average molecular weight is 250 g/mol. The lowest BCUT2D eigenvalue weighted by atomic mass is 9.90. The third kappa shape index (κ3) is 1.81. The molecule has 1 amide bonds. The molecule has 1 fully saturated rings. The van der Waals surface area contributed by atoms with Gasteiger partial charge in [-0.25, -0.2) is 4.98 Å².